The standard InChI is InChI=1S/C9H14N2OS/c1-10-9(7-2-3-12-5-7)8-4-11-13-6-8/h4,6-7,9-10H,2-3,5H2,1H3. The maximum atomic E-state index is 5.38. The largest absolute Gasteiger partial charge is 0.381 e. The zero-order chi connectivity index (χ0) is 9.10. The highest BCUT2D eigenvalue weighted by Gasteiger charge is 2.26. The van der Waals surface area contributed by atoms with Crippen molar-refractivity contribution in [3.63, 3.8) is 0 Å². The van der Waals surface area contributed by atoms with E-state index in [9.17, 15) is 0 Å². The Labute approximate surface area is 82.3 Å². The summed E-state index contributed by atoms with van der Waals surface area (Å²) in [6.45, 7) is 1.78. The summed E-state index contributed by atoms with van der Waals surface area (Å²) in [5.41, 5.74) is 1.29. The van der Waals surface area contributed by atoms with Gasteiger partial charge in [-0.1, -0.05) is 0 Å². The molecule has 3 nitrogen and oxygen atoms in total. The third-order valence-electron chi connectivity index (χ3n) is 2.56. The molecule has 1 saturated heterocycles. The molecule has 1 aliphatic heterocycles. The maximum absolute atomic E-state index is 5.38. The van der Waals surface area contributed by atoms with E-state index in [4.69, 9.17) is 4.74 Å². The van der Waals surface area contributed by atoms with Crippen LogP contribution in [0.4, 0.5) is 0 Å². The number of nitrogens with zero attached hydrogens (tertiary/aromatic N) is 1. The van der Waals surface area contributed by atoms with Crippen LogP contribution in [0.5, 0.6) is 0 Å². The smallest absolute Gasteiger partial charge is 0.0513 e. The van der Waals surface area contributed by atoms with E-state index in [1.54, 1.807) is 0 Å². The summed E-state index contributed by atoms with van der Waals surface area (Å²) in [6.07, 6.45) is 3.10. The first-order valence-corrected chi connectivity index (χ1v) is 5.39. The molecule has 0 radical (unpaired) electrons. The van der Waals surface area contributed by atoms with E-state index in [-0.39, 0.29) is 0 Å². The van der Waals surface area contributed by atoms with Crippen molar-refractivity contribution in [2.45, 2.75) is 12.5 Å². The molecule has 2 heterocycles. The van der Waals surface area contributed by atoms with Gasteiger partial charge in [0.25, 0.3) is 0 Å². The average molecular weight is 198 g/mol. The van der Waals surface area contributed by atoms with Crippen LogP contribution >= 0.6 is 11.5 Å². The number of hydrogen-bond acceptors (Lipinski definition) is 4. The first-order valence-electron chi connectivity index (χ1n) is 4.56. The van der Waals surface area contributed by atoms with Crippen molar-refractivity contribution < 1.29 is 4.74 Å². The van der Waals surface area contributed by atoms with Crippen molar-refractivity contribution >= 4 is 11.5 Å². The predicted molar refractivity (Wildman–Crippen MR) is 52.8 cm³/mol. The molecule has 13 heavy (non-hydrogen) atoms. The second-order valence-corrected chi connectivity index (χ2v) is 4.01. The number of nitrogens with one attached hydrogen (secondary N) is 1. The highest BCUT2D eigenvalue weighted by atomic mass is 32.1. The van der Waals surface area contributed by atoms with Crippen molar-refractivity contribution in [1.82, 2.24) is 9.69 Å². The fourth-order valence-electron chi connectivity index (χ4n) is 1.86. The molecular weight excluding hydrogens is 184 g/mol. The monoisotopic (exact) mass is 198 g/mol. The van der Waals surface area contributed by atoms with Crippen molar-refractivity contribution in [2.75, 3.05) is 20.3 Å². The summed E-state index contributed by atoms with van der Waals surface area (Å²) in [4.78, 5) is 0. The summed E-state index contributed by atoms with van der Waals surface area (Å²) in [5, 5.41) is 5.44. The molecule has 2 atom stereocenters. The van der Waals surface area contributed by atoms with Crippen LogP contribution in [0.3, 0.4) is 0 Å². The van der Waals surface area contributed by atoms with E-state index in [0.29, 0.717) is 12.0 Å². The van der Waals surface area contributed by atoms with Gasteiger partial charge in [0.1, 0.15) is 0 Å². The third kappa shape index (κ3) is 1.90. The first-order chi connectivity index (χ1) is 6.42. The molecule has 0 aromatic carbocycles. The third-order valence-corrected chi connectivity index (χ3v) is 3.16. The zero-order valence-electron chi connectivity index (χ0n) is 7.69. The van der Waals surface area contributed by atoms with Crippen LogP contribution < -0.4 is 5.32 Å². The zero-order valence-corrected chi connectivity index (χ0v) is 8.51. The summed E-state index contributed by atoms with van der Waals surface area (Å²) in [6, 6.07) is 0.418. The van der Waals surface area contributed by atoms with Crippen LogP contribution in [0.2, 0.25) is 0 Å². The second kappa shape index (κ2) is 4.17. The van der Waals surface area contributed by atoms with Crippen LogP contribution in [-0.2, 0) is 4.74 Å². The van der Waals surface area contributed by atoms with Gasteiger partial charge in [-0.15, -0.1) is 0 Å². The minimum absolute atomic E-state index is 0.418. The van der Waals surface area contributed by atoms with E-state index < -0.39 is 0 Å². The fourth-order valence-corrected chi connectivity index (χ4v) is 2.43. The van der Waals surface area contributed by atoms with Gasteiger partial charge in [0.15, 0.2) is 0 Å². The van der Waals surface area contributed by atoms with Crippen LogP contribution in [0.1, 0.15) is 18.0 Å². The second-order valence-electron chi connectivity index (χ2n) is 3.35. The normalized spacial score (nSPS) is 24.8. The Balaban J connectivity index is 2.08. The number of aromatic nitrogens is 1. The van der Waals surface area contributed by atoms with E-state index in [1.165, 1.54) is 17.1 Å². The van der Waals surface area contributed by atoms with Crippen LogP contribution in [0.25, 0.3) is 0 Å². The lowest BCUT2D eigenvalue weighted by Crippen LogP contribution is -2.25. The highest BCUT2D eigenvalue weighted by molar-refractivity contribution is 7.03. The first kappa shape index (κ1) is 9.12. The van der Waals surface area contributed by atoms with Gasteiger partial charge in [0.05, 0.1) is 6.61 Å². The van der Waals surface area contributed by atoms with E-state index in [2.05, 4.69) is 15.1 Å². The summed E-state index contributed by atoms with van der Waals surface area (Å²) in [5.74, 6) is 0.612. The van der Waals surface area contributed by atoms with Gasteiger partial charge in [-0.25, -0.2) is 4.37 Å². The Hall–Kier alpha value is -0.450. The molecule has 0 amide bonds. The summed E-state index contributed by atoms with van der Waals surface area (Å²) < 4.78 is 9.50. The molecule has 1 N–H and O–H groups in total. The lowest BCUT2D eigenvalue weighted by molar-refractivity contribution is 0.178. The number of ether oxygens (including phenoxy) is 1. The summed E-state index contributed by atoms with van der Waals surface area (Å²) in [7, 11) is 2.00. The Bertz CT molecular complexity index is 244. The molecule has 2 unspecified atom stereocenters. The van der Waals surface area contributed by atoms with Gasteiger partial charge in [-0.05, 0) is 25.0 Å². The molecule has 1 aromatic rings. The van der Waals surface area contributed by atoms with E-state index in [1.807, 2.05) is 13.2 Å². The van der Waals surface area contributed by atoms with Crippen molar-refractivity contribution in [3.8, 4) is 0 Å². The molecule has 72 valence electrons. The molecule has 1 aromatic heterocycles. The van der Waals surface area contributed by atoms with Crippen molar-refractivity contribution in [3.05, 3.63) is 17.1 Å². The molecule has 0 aliphatic carbocycles. The number of rotatable bonds is 3. The van der Waals surface area contributed by atoms with Gasteiger partial charge in [0, 0.05) is 35.7 Å². The number of hydrogen-bond donors (Lipinski definition) is 1. The average Bonchev–Trinajstić information content (AvgIpc) is 2.76. The topological polar surface area (TPSA) is 34.2 Å². The predicted octanol–water partition coefficient (Wildman–Crippen LogP) is 1.44. The van der Waals surface area contributed by atoms with Gasteiger partial charge < -0.3 is 10.1 Å². The van der Waals surface area contributed by atoms with Gasteiger partial charge in [-0.3, -0.25) is 0 Å². The SMILES string of the molecule is CNC(c1cnsc1)C1CCOC1. The molecule has 0 spiro atoms. The van der Waals surface area contributed by atoms with Crippen LogP contribution in [-0.4, -0.2) is 24.6 Å². The molecule has 1 aliphatic rings. The molecule has 0 saturated carbocycles. The molecule has 1 fully saturated rings. The minimum Gasteiger partial charge on any atom is -0.381 e. The lowest BCUT2D eigenvalue weighted by atomic mass is 9.95. The Morgan fingerprint density at radius 2 is 2.69 bits per heavy atom. The summed E-state index contributed by atoms with van der Waals surface area (Å²) >= 11 is 1.51. The Morgan fingerprint density at radius 3 is 3.23 bits per heavy atom. The molecule has 4 heteroatoms. The quantitative estimate of drug-likeness (QED) is 0.798. The highest BCUT2D eigenvalue weighted by Crippen LogP contribution is 2.28. The lowest BCUT2D eigenvalue weighted by Gasteiger charge is -2.20. The van der Waals surface area contributed by atoms with Gasteiger partial charge in [0.2, 0.25) is 0 Å². The van der Waals surface area contributed by atoms with E-state index >= 15 is 0 Å². The van der Waals surface area contributed by atoms with E-state index in [0.717, 1.165) is 19.6 Å². The minimum atomic E-state index is 0.418. The Kier molecular flexibility index (Phi) is 2.93. The maximum Gasteiger partial charge on any atom is 0.0513 e. The van der Waals surface area contributed by atoms with Gasteiger partial charge >= 0.3 is 0 Å². The fraction of sp³-hybridized carbons (Fsp3) is 0.667. The van der Waals surface area contributed by atoms with Crippen molar-refractivity contribution in [2.24, 2.45) is 5.92 Å². The van der Waals surface area contributed by atoms with Crippen LogP contribution in [0.15, 0.2) is 11.6 Å². The molecule has 0 bridgehead atoms. The molecule has 2 rings (SSSR count). The van der Waals surface area contributed by atoms with Crippen LogP contribution in [0, 0.1) is 5.92 Å². The van der Waals surface area contributed by atoms with Gasteiger partial charge in [-0.2, -0.15) is 0 Å². The Morgan fingerprint density at radius 1 is 1.77 bits per heavy atom. The molecular formula is C9H14N2OS. The van der Waals surface area contributed by atoms with Crippen molar-refractivity contribution in [1.29, 1.82) is 0 Å².